The Morgan fingerprint density at radius 1 is 1.18 bits per heavy atom. The van der Waals surface area contributed by atoms with Gasteiger partial charge in [-0.25, -0.2) is 0 Å². The number of anilines is 1. The molecule has 0 fully saturated rings. The number of nitrogens with zero attached hydrogens (tertiary/aromatic N) is 3. The lowest BCUT2D eigenvalue weighted by atomic mass is 10.1. The first-order valence-electron chi connectivity index (χ1n) is 9.41. The highest BCUT2D eigenvalue weighted by atomic mass is 32.2. The fraction of sp³-hybridized carbons (Fsp3) is 0.381. The van der Waals surface area contributed by atoms with Gasteiger partial charge in [-0.3, -0.25) is 9.36 Å². The van der Waals surface area contributed by atoms with Crippen LogP contribution in [0.5, 0.6) is 0 Å². The highest BCUT2D eigenvalue weighted by Gasteiger charge is 2.18. The molecule has 0 aliphatic heterocycles. The molecule has 0 radical (unpaired) electrons. The van der Waals surface area contributed by atoms with E-state index in [-0.39, 0.29) is 11.9 Å². The Bertz CT molecular complexity index is 954. The smallest absolute Gasteiger partial charge is 0.234 e. The van der Waals surface area contributed by atoms with Crippen LogP contribution in [0, 0.1) is 13.8 Å². The number of aromatic nitrogens is 3. The van der Waals surface area contributed by atoms with Crippen LogP contribution in [-0.2, 0) is 11.2 Å². The second-order valence-electron chi connectivity index (χ2n) is 7.14. The molecule has 0 saturated heterocycles. The maximum Gasteiger partial charge on any atom is 0.234 e. The fourth-order valence-electron chi connectivity index (χ4n) is 3.10. The normalized spacial score (nSPS) is 11.2. The van der Waals surface area contributed by atoms with Crippen molar-refractivity contribution in [3.63, 3.8) is 0 Å². The summed E-state index contributed by atoms with van der Waals surface area (Å²) in [4.78, 5) is 13.7. The molecule has 1 aromatic carbocycles. The molecule has 28 heavy (non-hydrogen) atoms. The lowest BCUT2D eigenvalue weighted by Gasteiger charge is -2.13. The lowest BCUT2D eigenvalue weighted by molar-refractivity contribution is -0.113. The minimum atomic E-state index is -0.0429. The quantitative estimate of drug-likeness (QED) is 0.519. The Morgan fingerprint density at radius 2 is 1.89 bits per heavy atom. The summed E-state index contributed by atoms with van der Waals surface area (Å²) in [7, 11) is 0. The van der Waals surface area contributed by atoms with Crippen LogP contribution in [0.4, 0.5) is 5.69 Å². The van der Waals surface area contributed by atoms with E-state index < -0.39 is 0 Å². The van der Waals surface area contributed by atoms with Crippen LogP contribution in [0.3, 0.4) is 0 Å². The van der Waals surface area contributed by atoms with Crippen LogP contribution >= 0.6 is 23.1 Å². The first-order valence-corrected chi connectivity index (χ1v) is 11.3. The summed E-state index contributed by atoms with van der Waals surface area (Å²) in [5.41, 5.74) is 4.19. The second-order valence-corrected chi connectivity index (χ2v) is 9.08. The highest BCUT2D eigenvalue weighted by Crippen LogP contribution is 2.30. The Morgan fingerprint density at radius 3 is 2.50 bits per heavy atom. The molecule has 0 bridgehead atoms. The number of hydrogen-bond donors (Lipinski definition) is 1. The van der Waals surface area contributed by atoms with E-state index in [2.05, 4.69) is 58.4 Å². The summed E-state index contributed by atoms with van der Waals surface area (Å²) in [6.45, 7) is 10.4. The van der Waals surface area contributed by atoms with E-state index in [4.69, 9.17) is 0 Å². The molecule has 0 saturated carbocycles. The number of rotatable bonds is 7. The van der Waals surface area contributed by atoms with Crippen molar-refractivity contribution in [1.82, 2.24) is 14.8 Å². The molecular formula is C21H26N4OS2. The van der Waals surface area contributed by atoms with Crippen LogP contribution in [0.1, 0.15) is 42.8 Å². The lowest BCUT2D eigenvalue weighted by Crippen LogP contribution is -2.15. The average molecular weight is 415 g/mol. The van der Waals surface area contributed by atoms with Gasteiger partial charge in [0.15, 0.2) is 11.0 Å². The number of benzene rings is 1. The van der Waals surface area contributed by atoms with Crippen LogP contribution < -0.4 is 5.32 Å². The van der Waals surface area contributed by atoms with Crippen molar-refractivity contribution in [2.75, 3.05) is 11.1 Å². The molecule has 2 heterocycles. The molecule has 3 rings (SSSR count). The minimum absolute atomic E-state index is 0.0429. The zero-order valence-corrected chi connectivity index (χ0v) is 18.6. The zero-order valence-electron chi connectivity index (χ0n) is 16.9. The van der Waals surface area contributed by atoms with E-state index in [0.29, 0.717) is 5.75 Å². The van der Waals surface area contributed by atoms with E-state index in [1.54, 1.807) is 11.3 Å². The molecule has 0 spiro atoms. The monoisotopic (exact) mass is 414 g/mol. The van der Waals surface area contributed by atoms with Gasteiger partial charge < -0.3 is 5.32 Å². The summed E-state index contributed by atoms with van der Waals surface area (Å²) >= 11 is 3.16. The van der Waals surface area contributed by atoms with Crippen molar-refractivity contribution < 1.29 is 4.79 Å². The molecule has 0 aliphatic rings. The van der Waals surface area contributed by atoms with E-state index in [1.807, 2.05) is 26.0 Å². The largest absolute Gasteiger partial charge is 0.325 e. The maximum absolute atomic E-state index is 12.4. The number of thioether (sulfide) groups is 1. The number of nitrogens with one attached hydrogen (secondary N) is 1. The Labute approximate surface area is 174 Å². The Balaban J connectivity index is 1.72. The summed E-state index contributed by atoms with van der Waals surface area (Å²) in [5, 5.41) is 14.6. The van der Waals surface area contributed by atoms with Gasteiger partial charge in [0.2, 0.25) is 5.91 Å². The van der Waals surface area contributed by atoms with Gasteiger partial charge >= 0.3 is 0 Å². The van der Waals surface area contributed by atoms with E-state index >= 15 is 0 Å². The van der Waals surface area contributed by atoms with Crippen molar-refractivity contribution in [1.29, 1.82) is 0 Å². The average Bonchev–Trinajstić information content (AvgIpc) is 3.25. The Kier molecular flexibility index (Phi) is 6.57. The molecule has 1 N–H and O–H groups in total. The molecule has 1 amide bonds. The third-order valence-corrected chi connectivity index (χ3v) is 6.30. The van der Waals surface area contributed by atoms with E-state index in [1.165, 1.54) is 16.6 Å². The number of aryl methyl sites for hydroxylation is 3. The number of hydrogen-bond acceptors (Lipinski definition) is 5. The predicted octanol–water partition coefficient (Wildman–Crippen LogP) is 5.50. The van der Waals surface area contributed by atoms with Crippen molar-refractivity contribution in [3.8, 4) is 11.4 Å². The molecule has 0 atom stereocenters. The maximum atomic E-state index is 12.4. The summed E-state index contributed by atoms with van der Waals surface area (Å²) in [5.74, 6) is 1.11. The van der Waals surface area contributed by atoms with Gasteiger partial charge in [0.05, 0.1) is 5.75 Å². The molecule has 7 heteroatoms. The standard InChI is InChI=1S/C21H26N4OS2/c1-6-18-10-16(11-27-18)20-23-24-21(25(20)13(2)3)28-12-19(26)22-17-8-14(4)7-15(5)9-17/h7-11,13H,6,12H2,1-5H3,(H,22,26). The number of carbonyl (C=O) groups excluding carboxylic acids is 1. The molecule has 5 nitrogen and oxygen atoms in total. The van der Waals surface area contributed by atoms with Gasteiger partial charge in [0, 0.05) is 27.5 Å². The Hall–Kier alpha value is -2.12. The van der Waals surface area contributed by atoms with Gasteiger partial charge in [0.25, 0.3) is 0 Å². The van der Waals surface area contributed by atoms with Crippen molar-refractivity contribution >= 4 is 34.7 Å². The second kappa shape index (κ2) is 8.92. The molecule has 0 aliphatic carbocycles. The molecule has 2 aromatic heterocycles. The van der Waals surface area contributed by atoms with Crippen molar-refractivity contribution in [3.05, 3.63) is 45.6 Å². The molecule has 0 unspecified atom stereocenters. The summed E-state index contributed by atoms with van der Waals surface area (Å²) in [6.07, 6.45) is 1.01. The van der Waals surface area contributed by atoms with Gasteiger partial charge in [-0.15, -0.1) is 21.5 Å². The zero-order chi connectivity index (χ0) is 20.3. The predicted molar refractivity (Wildman–Crippen MR) is 118 cm³/mol. The van der Waals surface area contributed by atoms with E-state index in [9.17, 15) is 4.79 Å². The van der Waals surface area contributed by atoms with Crippen LogP contribution in [0.25, 0.3) is 11.4 Å². The minimum Gasteiger partial charge on any atom is -0.325 e. The van der Waals surface area contributed by atoms with Gasteiger partial charge in [-0.2, -0.15) is 0 Å². The third kappa shape index (κ3) is 4.83. The first-order chi connectivity index (χ1) is 13.4. The van der Waals surface area contributed by atoms with Gasteiger partial charge in [0.1, 0.15) is 0 Å². The summed E-state index contributed by atoms with van der Waals surface area (Å²) in [6, 6.07) is 8.43. The van der Waals surface area contributed by atoms with Crippen LogP contribution in [-0.4, -0.2) is 26.4 Å². The highest BCUT2D eigenvalue weighted by molar-refractivity contribution is 7.99. The number of amides is 1. The third-order valence-electron chi connectivity index (χ3n) is 4.28. The first kappa shape index (κ1) is 20.6. The van der Waals surface area contributed by atoms with Crippen molar-refractivity contribution in [2.45, 2.75) is 52.2 Å². The number of carbonyl (C=O) groups is 1. The molecule has 3 aromatic rings. The van der Waals surface area contributed by atoms with Gasteiger partial charge in [-0.05, 0) is 63.4 Å². The van der Waals surface area contributed by atoms with E-state index in [0.717, 1.165) is 39.8 Å². The van der Waals surface area contributed by atoms with Crippen LogP contribution in [0.2, 0.25) is 0 Å². The summed E-state index contributed by atoms with van der Waals surface area (Å²) < 4.78 is 2.11. The fourth-order valence-corrected chi connectivity index (χ4v) is 4.78. The number of thiophene rings is 1. The SMILES string of the molecule is CCc1cc(-c2nnc(SCC(=O)Nc3cc(C)cc(C)c3)n2C(C)C)cs1. The molecular weight excluding hydrogens is 388 g/mol. The molecule has 148 valence electrons. The van der Waals surface area contributed by atoms with Gasteiger partial charge in [-0.1, -0.05) is 24.8 Å². The van der Waals surface area contributed by atoms with Crippen LogP contribution in [0.15, 0.2) is 34.8 Å². The van der Waals surface area contributed by atoms with Crippen molar-refractivity contribution in [2.24, 2.45) is 0 Å². The topological polar surface area (TPSA) is 59.8 Å².